The molecule has 0 atom stereocenters. The number of amides is 1. The van der Waals surface area contributed by atoms with Gasteiger partial charge in [-0.2, -0.15) is 13.2 Å². The van der Waals surface area contributed by atoms with Gasteiger partial charge in [-0.15, -0.1) is 0 Å². The second-order valence-corrected chi connectivity index (χ2v) is 3.74. The summed E-state index contributed by atoms with van der Waals surface area (Å²) in [5.41, 5.74) is 0. The van der Waals surface area contributed by atoms with E-state index in [-0.39, 0.29) is 25.9 Å². The van der Waals surface area contributed by atoms with Crippen molar-refractivity contribution in [3.05, 3.63) is 0 Å². The third-order valence-corrected chi connectivity index (χ3v) is 2.65. The number of hydrogen-bond donors (Lipinski definition) is 0. The highest BCUT2D eigenvalue weighted by Crippen LogP contribution is 2.24. The first kappa shape index (κ1) is 16.2. The summed E-state index contributed by atoms with van der Waals surface area (Å²) in [5, 5.41) is -0.547. The Labute approximate surface area is 103 Å². The number of carbonyl (C=O) groups excluding carboxylic acids is 2. The van der Waals surface area contributed by atoms with Gasteiger partial charge in [0.2, 0.25) is 5.24 Å². The Kier molecular flexibility index (Phi) is 6.52. The smallest absolute Gasteiger partial charge is 0.335 e. The fourth-order valence-electron chi connectivity index (χ4n) is 1.49. The molecule has 0 aromatic carbocycles. The van der Waals surface area contributed by atoms with Crippen LogP contribution in [0.3, 0.4) is 0 Å². The van der Waals surface area contributed by atoms with Gasteiger partial charge in [0.15, 0.2) is 0 Å². The van der Waals surface area contributed by atoms with E-state index in [1.54, 1.807) is 0 Å². The van der Waals surface area contributed by atoms with E-state index in [9.17, 15) is 22.8 Å². The summed E-state index contributed by atoms with van der Waals surface area (Å²) in [6, 6.07) is 0. The number of alkyl halides is 3. The molecule has 100 valence electrons. The van der Waals surface area contributed by atoms with E-state index in [4.69, 9.17) is 11.6 Å². The lowest BCUT2D eigenvalue weighted by atomic mass is 9.98. The molecule has 0 saturated carbocycles. The first-order valence-corrected chi connectivity index (χ1v) is 5.75. The van der Waals surface area contributed by atoms with Gasteiger partial charge in [0, 0.05) is 19.0 Å². The molecule has 1 rings (SSSR count). The van der Waals surface area contributed by atoms with Crippen LogP contribution in [0.25, 0.3) is 0 Å². The van der Waals surface area contributed by atoms with E-state index in [2.05, 4.69) is 0 Å². The minimum atomic E-state index is -4.84. The maximum absolute atomic E-state index is 12.0. The van der Waals surface area contributed by atoms with Crippen LogP contribution < -0.4 is 0 Å². The van der Waals surface area contributed by atoms with Crippen molar-refractivity contribution in [3.63, 3.8) is 0 Å². The minimum Gasteiger partial charge on any atom is -0.335 e. The van der Waals surface area contributed by atoms with Crippen molar-refractivity contribution >= 4 is 22.8 Å². The molecule has 0 N–H and O–H groups in total. The fraction of sp³-hybridized carbons (Fsp3) is 0.800. The maximum Gasteiger partial charge on any atom is 0.471 e. The lowest BCUT2D eigenvalue weighted by molar-refractivity contribution is -0.186. The summed E-state index contributed by atoms with van der Waals surface area (Å²) in [7, 11) is 0. The number of carbonyl (C=O) groups is 2. The van der Waals surface area contributed by atoms with Crippen molar-refractivity contribution in [2.75, 3.05) is 13.1 Å². The number of likely N-dealkylation sites (tertiary alicyclic amines) is 1. The highest BCUT2D eigenvalue weighted by Gasteiger charge is 2.43. The maximum atomic E-state index is 12.0. The zero-order chi connectivity index (χ0) is 13.6. The second-order valence-electron chi connectivity index (χ2n) is 3.37. The average Bonchev–Trinajstić information content (AvgIpc) is 2.29. The first-order chi connectivity index (χ1) is 7.82. The van der Waals surface area contributed by atoms with Gasteiger partial charge in [0.05, 0.1) is 0 Å². The van der Waals surface area contributed by atoms with Crippen molar-refractivity contribution in [1.82, 2.24) is 4.90 Å². The molecule has 0 aromatic heterocycles. The molecular formula is C10H15ClF3NO2. The zero-order valence-electron chi connectivity index (χ0n) is 9.68. The molecule has 17 heavy (non-hydrogen) atoms. The molecule has 1 fully saturated rings. The highest BCUT2D eigenvalue weighted by atomic mass is 35.5. The van der Waals surface area contributed by atoms with Crippen LogP contribution in [-0.2, 0) is 9.59 Å². The molecule has 1 aliphatic rings. The van der Waals surface area contributed by atoms with Crippen molar-refractivity contribution in [3.8, 4) is 0 Å². The van der Waals surface area contributed by atoms with Gasteiger partial charge in [-0.1, -0.05) is 13.8 Å². The summed E-state index contributed by atoms with van der Waals surface area (Å²) in [6.07, 6.45) is -4.44. The van der Waals surface area contributed by atoms with Crippen LogP contribution in [0.5, 0.6) is 0 Å². The Hall–Kier alpha value is -0.780. The van der Waals surface area contributed by atoms with Crippen molar-refractivity contribution < 1.29 is 22.8 Å². The van der Waals surface area contributed by atoms with Crippen LogP contribution >= 0.6 is 11.6 Å². The lowest BCUT2D eigenvalue weighted by Gasteiger charge is -2.30. The van der Waals surface area contributed by atoms with E-state index in [0.717, 1.165) is 0 Å². The Morgan fingerprint density at radius 1 is 1.18 bits per heavy atom. The fourth-order valence-corrected chi connectivity index (χ4v) is 1.71. The number of nitrogens with zero attached hydrogens (tertiary/aromatic N) is 1. The van der Waals surface area contributed by atoms with Gasteiger partial charge in [-0.3, -0.25) is 9.59 Å². The Balaban J connectivity index is 0.00000121. The van der Waals surface area contributed by atoms with Crippen LogP contribution in [0.4, 0.5) is 13.2 Å². The number of hydrogen-bond acceptors (Lipinski definition) is 2. The molecule has 0 aromatic rings. The molecular weight excluding hydrogens is 259 g/mol. The van der Waals surface area contributed by atoms with Gasteiger partial charge in [-0.25, -0.2) is 0 Å². The predicted molar refractivity (Wildman–Crippen MR) is 57.6 cm³/mol. The van der Waals surface area contributed by atoms with E-state index in [1.807, 2.05) is 13.8 Å². The molecule has 3 nitrogen and oxygen atoms in total. The third-order valence-electron chi connectivity index (χ3n) is 2.35. The number of rotatable bonds is 1. The number of piperidine rings is 1. The molecule has 0 aliphatic carbocycles. The van der Waals surface area contributed by atoms with Crippen LogP contribution in [0, 0.1) is 5.92 Å². The molecule has 1 saturated heterocycles. The largest absolute Gasteiger partial charge is 0.471 e. The normalized spacial score (nSPS) is 17.2. The van der Waals surface area contributed by atoms with Gasteiger partial charge >= 0.3 is 12.1 Å². The van der Waals surface area contributed by atoms with Gasteiger partial charge in [0.1, 0.15) is 0 Å². The second kappa shape index (κ2) is 6.83. The van der Waals surface area contributed by atoms with Gasteiger partial charge < -0.3 is 4.90 Å². The van der Waals surface area contributed by atoms with Crippen LogP contribution in [0.15, 0.2) is 0 Å². The molecule has 0 bridgehead atoms. The minimum absolute atomic E-state index is 0.0680. The van der Waals surface area contributed by atoms with E-state index >= 15 is 0 Å². The van der Waals surface area contributed by atoms with Crippen LogP contribution in [0.1, 0.15) is 26.7 Å². The monoisotopic (exact) mass is 273 g/mol. The molecule has 0 spiro atoms. The van der Waals surface area contributed by atoms with Crippen molar-refractivity contribution in [2.45, 2.75) is 32.9 Å². The van der Waals surface area contributed by atoms with Crippen molar-refractivity contribution in [2.24, 2.45) is 5.92 Å². The summed E-state index contributed by atoms with van der Waals surface area (Å²) in [5.74, 6) is -2.27. The third kappa shape index (κ3) is 4.93. The summed E-state index contributed by atoms with van der Waals surface area (Å²) >= 11 is 5.21. The molecule has 0 radical (unpaired) electrons. The molecule has 1 aliphatic heterocycles. The topological polar surface area (TPSA) is 37.4 Å². The van der Waals surface area contributed by atoms with Crippen molar-refractivity contribution in [1.29, 1.82) is 0 Å². The SMILES string of the molecule is CC.O=C(Cl)C1CCN(C(=O)C(F)(F)F)CC1. The standard InChI is InChI=1S/C8H9ClF3NO2.C2H6/c9-6(14)5-1-3-13(4-2-5)7(15)8(10,11)12;1-2/h5H,1-4H2;1-2H3. The van der Waals surface area contributed by atoms with E-state index in [1.165, 1.54) is 0 Å². The van der Waals surface area contributed by atoms with Crippen LogP contribution in [-0.4, -0.2) is 35.3 Å². The molecule has 0 unspecified atom stereocenters. The Morgan fingerprint density at radius 3 is 1.88 bits per heavy atom. The highest BCUT2D eigenvalue weighted by molar-refractivity contribution is 6.63. The van der Waals surface area contributed by atoms with E-state index in [0.29, 0.717) is 4.90 Å². The zero-order valence-corrected chi connectivity index (χ0v) is 10.4. The summed E-state index contributed by atoms with van der Waals surface area (Å²) in [6.45, 7) is 3.86. The summed E-state index contributed by atoms with van der Waals surface area (Å²) in [4.78, 5) is 22.2. The van der Waals surface area contributed by atoms with Crippen LogP contribution in [0.2, 0.25) is 0 Å². The summed E-state index contributed by atoms with van der Waals surface area (Å²) < 4.78 is 36.0. The first-order valence-electron chi connectivity index (χ1n) is 5.38. The molecule has 1 heterocycles. The predicted octanol–water partition coefficient (Wildman–Crippen LogP) is 2.58. The average molecular weight is 274 g/mol. The lowest BCUT2D eigenvalue weighted by Crippen LogP contribution is -2.45. The molecule has 7 heteroatoms. The Bertz CT molecular complexity index is 273. The Morgan fingerprint density at radius 2 is 1.59 bits per heavy atom. The van der Waals surface area contributed by atoms with Gasteiger partial charge in [-0.05, 0) is 24.4 Å². The molecule has 1 amide bonds. The van der Waals surface area contributed by atoms with E-state index < -0.39 is 23.2 Å². The number of halogens is 4. The quantitative estimate of drug-likeness (QED) is 0.689. The van der Waals surface area contributed by atoms with Gasteiger partial charge in [0.25, 0.3) is 0 Å².